The Morgan fingerprint density at radius 3 is 2.70 bits per heavy atom. The third-order valence-electron chi connectivity index (χ3n) is 1.22. The Balaban J connectivity index is 3.48. The lowest BCUT2D eigenvalue weighted by Crippen LogP contribution is -2.20. The molecule has 1 atom stereocenters. The fourth-order valence-corrected chi connectivity index (χ4v) is 0.546. The van der Waals surface area contributed by atoms with Crippen LogP contribution in [0.5, 0.6) is 0 Å². The van der Waals surface area contributed by atoms with Gasteiger partial charge in [-0.15, -0.1) is 0 Å². The molecule has 0 saturated carbocycles. The van der Waals surface area contributed by atoms with Crippen LogP contribution in [0.3, 0.4) is 0 Å². The Morgan fingerprint density at radius 2 is 2.30 bits per heavy atom. The first-order chi connectivity index (χ1) is 4.68. The van der Waals surface area contributed by atoms with Crippen molar-refractivity contribution < 1.29 is 5.11 Å². The molecule has 0 saturated heterocycles. The van der Waals surface area contributed by atoms with E-state index in [1.807, 2.05) is 12.2 Å². The van der Waals surface area contributed by atoms with Gasteiger partial charge in [-0.1, -0.05) is 25.7 Å². The molecule has 58 valence electrons. The zero-order valence-electron chi connectivity index (χ0n) is 6.38. The summed E-state index contributed by atoms with van der Waals surface area (Å²) >= 11 is 0. The lowest BCUT2D eigenvalue weighted by molar-refractivity contribution is 0.370. The molecule has 10 heavy (non-hydrogen) atoms. The van der Waals surface area contributed by atoms with E-state index >= 15 is 0 Å². The summed E-state index contributed by atoms with van der Waals surface area (Å²) in [5, 5.41) is 8.77. The summed E-state index contributed by atoms with van der Waals surface area (Å²) in [6.45, 7) is 5.38. The average Bonchev–Trinajstić information content (AvgIpc) is 1.88. The van der Waals surface area contributed by atoms with Gasteiger partial charge in [-0.05, 0) is 12.8 Å². The third-order valence-corrected chi connectivity index (χ3v) is 1.22. The third kappa shape index (κ3) is 4.15. The number of aliphatic hydroxyl groups excluding tert-OH is 1. The maximum atomic E-state index is 8.77. The molecule has 0 heterocycles. The van der Waals surface area contributed by atoms with E-state index in [0.29, 0.717) is 6.42 Å². The van der Waals surface area contributed by atoms with Gasteiger partial charge in [0.2, 0.25) is 0 Å². The summed E-state index contributed by atoms with van der Waals surface area (Å²) in [5.41, 5.74) is 5.46. The highest BCUT2D eigenvalue weighted by Gasteiger charge is 2.00. The van der Waals surface area contributed by atoms with E-state index in [-0.39, 0.29) is 11.8 Å². The van der Waals surface area contributed by atoms with E-state index in [2.05, 4.69) is 13.5 Å². The Hall–Kier alpha value is -0.760. The summed E-state index contributed by atoms with van der Waals surface area (Å²) in [7, 11) is 0. The normalized spacial score (nSPS) is 13.8. The molecule has 2 heteroatoms. The van der Waals surface area contributed by atoms with Crippen LogP contribution < -0.4 is 5.73 Å². The first kappa shape index (κ1) is 9.24. The molecule has 0 aromatic heterocycles. The molecular formula is C8H15NO. The molecule has 2 nitrogen and oxygen atoms in total. The summed E-state index contributed by atoms with van der Waals surface area (Å²) < 4.78 is 0. The molecule has 0 aliphatic carbocycles. The van der Waals surface area contributed by atoms with Gasteiger partial charge in [-0.3, -0.25) is 0 Å². The monoisotopic (exact) mass is 141 g/mol. The quantitative estimate of drug-likeness (QED) is 0.462. The van der Waals surface area contributed by atoms with E-state index in [9.17, 15) is 0 Å². The zero-order valence-corrected chi connectivity index (χ0v) is 6.38. The fraction of sp³-hybridized carbons (Fsp3) is 0.500. The Bertz CT molecular complexity index is 129. The first-order valence-corrected chi connectivity index (χ1v) is 3.46. The highest BCUT2D eigenvalue weighted by Crippen LogP contribution is 1.98. The molecular weight excluding hydrogens is 126 g/mol. The highest BCUT2D eigenvalue weighted by molar-refractivity contribution is 4.97. The van der Waals surface area contributed by atoms with E-state index in [4.69, 9.17) is 10.8 Å². The summed E-state index contributed by atoms with van der Waals surface area (Å²) in [6.07, 6.45) is 5.64. The minimum Gasteiger partial charge on any atom is -0.511 e. The standard InChI is InChI=1S/C8H15NO/c1-3-4-5-6-8(9)7(2)10/h4-5,8,10H,2-3,6,9H2,1H3/b5-4-. The topological polar surface area (TPSA) is 46.2 Å². The van der Waals surface area contributed by atoms with Crippen molar-refractivity contribution in [2.45, 2.75) is 25.8 Å². The minimum atomic E-state index is -0.303. The highest BCUT2D eigenvalue weighted by atomic mass is 16.3. The maximum absolute atomic E-state index is 8.77. The predicted molar refractivity (Wildman–Crippen MR) is 43.8 cm³/mol. The van der Waals surface area contributed by atoms with Crippen LogP contribution in [0.4, 0.5) is 0 Å². The van der Waals surface area contributed by atoms with Gasteiger partial charge in [0.25, 0.3) is 0 Å². The van der Waals surface area contributed by atoms with Crippen LogP contribution in [0, 0.1) is 0 Å². The SMILES string of the molecule is C=C(O)C(N)C/C=C\CC. The van der Waals surface area contributed by atoms with Gasteiger partial charge in [-0.2, -0.15) is 0 Å². The lowest BCUT2D eigenvalue weighted by atomic mass is 10.2. The zero-order chi connectivity index (χ0) is 7.98. The molecule has 3 N–H and O–H groups in total. The van der Waals surface area contributed by atoms with Crippen molar-refractivity contribution in [3.05, 3.63) is 24.5 Å². The number of aliphatic hydroxyl groups is 1. The number of hydrogen-bond donors (Lipinski definition) is 2. The van der Waals surface area contributed by atoms with E-state index in [0.717, 1.165) is 6.42 Å². The summed E-state index contributed by atoms with van der Waals surface area (Å²) in [5.74, 6) is 0.0563. The Morgan fingerprint density at radius 1 is 1.70 bits per heavy atom. The average molecular weight is 141 g/mol. The van der Waals surface area contributed by atoms with Crippen LogP contribution in [-0.4, -0.2) is 11.1 Å². The number of rotatable bonds is 4. The molecule has 0 spiro atoms. The molecule has 0 amide bonds. The van der Waals surface area contributed by atoms with Gasteiger partial charge in [0, 0.05) is 0 Å². The van der Waals surface area contributed by atoms with E-state index < -0.39 is 0 Å². The molecule has 0 aliphatic rings. The molecule has 0 aromatic rings. The molecule has 0 fully saturated rings. The number of nitrogens with two attached hydrogens (primary N) is 1. The van der Waals surface area contributed by atoms with Crippen molar-refractivity contribution in [3.8, 4) is 0 Å². The summed E-state index contributed by atoms with van der Waals surface area (Å²) in [6, 6.07) is -0.303. The van der Waals surface area contributed by atoms with Crippen LogP contribution in [0.15, 0.2) is 24.5 Å². The Labute approximate surface area is 62.0 Å². The Kier molecular flexibility index (Phi) is 4.67. The fourth-order valence-electron chi connectivity index (χ4n) is 0.546. The van der Waals surface area contributed by atoms with Crippen molar-refractivity contribution in [3.63, 3.8) is 0 Å². The predicted octanol–water partition coefficient (Wildman–Crippen LogP) is 1.74. The van der Waals surface area contributed by atoms with E-state index in [1.54, 1.807) is 0 Å². The second kappa shape index (κ2) is 5.06. The van der Waals surface area contributed by atoms with Gasteiger partial charge in [0.15, 0.2) is 0 Å². The molecule has 0 aromatic carbocycles. The lowest BCUT2D eigenvalue weighted by Gasteiger charge is -2.04. The summed E-state index contributed by atoms with van der Waals surface area (Å²) in [4.78, 5) is 0. The van der Waals surface area contributed by atoms with Gasteiger partial charge >= 0.3 is 0 Å². The second-order valence-electron chi connectivity index (χ2n) is 2.21. The largest absolute Gasteiger partial charge is 0.511 e. The molecule has 0 aliphatic heterocycles. The molecule has 0 rings (SSSR count). The van der Waals surface area contributed by atoms with Crippen LogP contribution >= 0.6 is 0 Å². The second-order valence-corrected chi connectivity index (χ2v) is 2.21. The van der Waals surface area contributed by atoms with Crippen LogP contribution in [0.2, 0.25) is 0 Å². The smallest absolute Gasteiger partial charge is 0.102 e. The van der Waals surface area contributed by atoms with Gasteiger partial charge < -0.3 is 10.8 Å². The van der Waals surface area contributed by atoms with Crippen LogP contribution in [0.25, 0.3) is 0 Å². The van der Waals surface area contributed by atoms with Crippen molar-refractivity contribution in [2.75, 3.05) is 0 Å². The minimum absolute atomic E-state index is 0.0563. The van der Waals surface area contributed by atoms with Crippen molar-refractivity contribution in [1.82, 2.24) is 0 Å². The van der Waals surface area contributed by atoms with E-state index in [1.165, 1.54) is 0 Å². The van der Waals surface area contributed by atoms with Crippen LogP contribution in [-0.2, 0) is 0 Å². The van der Waals surface area contributed by atoms with Crippen molar-refractivity contribution >= 4 is 0 Å². The van der Waals surface area contributed by atoms with Crippen LogP contribution in [0.1, 0.15) is 19.8 Å². The number of allylic oxidation sites excluding steroid dienone is 1. The molecule has 0 bridgehead atoms. The van der Waals surface area contributed by atoms with Crippen molar-refractivity contribution in [2.24, 2.45) is 5.73 Å². The van der Waals surface area contributed by atoms with Gasteiger partial charge in [0.1, 0.15) is 5.76 Å². The number of hydrogen-bond acceptors (Lipinski definition) is 2. The van der Waals surface area contributed by atoms with Crippen molar-refractivity contribution in [1.29, 1.82) is 0 Å². The maximum Gasteiger partial charge on any atom is 0.102 e. The molecule has 0 radical (unpaired) electrons. The van der Waals surface area contributed by atoms with Gasteiger partial charge in [0.05, 0.1) is 6.04 Å². The van der Waals surface area contributed by atoms with Gasteiger partial charge in [-0.25, -0.2) is 0 Å². The first-order valence-electron chi connectivity index (χ1n) is 3.46. The molecule has 1 unspecified atom stereocenters.